The number of nitrogens with one attached hydrogen (secondary N) is 1. The molecule has 1 heterocycles. The Morgan fingerprint density at radius 1 is 1.58 bits per heavy atom. The number of aliphatic hydroxyl groups excluding tert-OH is 1. The summed E-state index contributed by atoms with van der Waals surface area (Å²) in [5.41, 5.74) is 0. The van der Waals surface area contributed by atoms with Crippen molar-refractivity contribution < 1.29 is 23.5 Å². The van der Waals surface area contributed by atoms with E-state index in [1.54, 1.807) is 0 Å². The minimum absolute atomic E-state index is 0.0747. The smallest absolute Gasteiger partial charge is 0.396 e. The number of nitrogens with zero attached hydrogens (tertiary/aromatic N) is 2. The Kier molecular flexibility index (Phi) is 4.71. The Bertz CT molecular complexity index is 464. The maximum atomic E-state index is 13.4. The summed E-state index contributed by atoms with van der Waals surface area (Å²) < 4.78 is 28.9. The van der Waals surface area contributed by atoms with E-state index in [0.717, 1.165) is 6.20 Å². The van der Waals surface area contributed by atoms with Gasteiger partial charge >= 0.3 is 8.25 Å². The van der Waals surface area contributed by atoms with E-state index in [-0.39, 0.29) is 24.4 Å². The molecule has 0 aliphatic heterocycles. The van der Waals surface area contributed by atoms with Gasteiger partial charge in [0.15, 0.2) is 11.6 Å². The van der Waals surface area contributed by atoms with Crippen LogP contribution in [0.3, 0.4) is 0 Å². The molecule has 104 valence electrons. The SMILES string of the molecule is O=[P+](O)O[C@H]1C[C@H](Nc2ncncc2F)C[C@@H]1CO. The van der Waals surface area contributed by atoms with Gasteiger partial charge in [0.25, 0.3) is 0 Å². The van der Waals surface area contributed by atoms with E-state index in [4.69, 9.17) is 9.42 Å². The predicted molar refractivity (Wildman–Crippen MR) is 63.9 cm³/mol. The molecular formula is C10H14FN3O4P+. The number of halogens is 1. The van der Waals surface area contributed by atoms with Gasteiger partial charge in [-0.1, -0.05) is 0 Å². The second-order valence-electron chi connectivity index (χ2n) is 4.36. The second kappa shape index (κ2) is 6.29. The van der Waals surface area contributed by atoms with E-state index in [1.807, 2.05) is 0 Å². The lowest BCUT2D eigenvalue weighted by molar-refractivity contribution is 0.106. The average Bonchev–Trinajstić information content (AvgIpc) is 2.73. The fraction of sp³-hybridized carbons (Fsp3) is 0.600. The molecule has 0 amide bonds. The standard InChI is InChI=1S/C10H13FN3O4P/c11-8-3-12-5-13-10(8)14-7-1-6(4-15)9(2-7)18-19(16)17/h3,5-7,9,15H,1-2,4H2,(H-,12,13,14,16,17)/p+1/t6-,7-,9+/m1/s1. The zero-order valence-electron chi connectivity index (χ0n) is 9.94. The molecule has 9 heteroatoms. The van der Waals surface area contributed by atoms with Crippen molar-refractivity contribution in [1.82, 2.24) is 9.97 Å². The van der Waals surface area contributed by atoms with Gasteiger partial charge in [-0.25, -0.2) is 14.4 Å². The predicted octanol–water partition coefficient (Wildman–Crippen LogP) is 0.833. The van der Waals surface area contributed by atoms with E-state index in [1.165, 1.54) is 6.33 Å². The van der Waals surface area contributed by atoms with Gasteiger partial charge in [-0.3, -0.25) is 0 Å². The normalized spacial score (nSPS) is 27.3. The third-order valence-electron chi connectivity index (χ3n) is 3.10. The zero-order valence-corrected chi connectivity index (χ0v) is 10.8. The first-order valence-corrected chi connectivity index (χ1v) is 6.89. The minimum Gasteiger partial charge on any atom is -0.396 e. The van der Waals surface area contributed by atoms with Crippen LogP contribution in [0.25, 0.3) is 0 Å². The lowest BCUT2D eigenvalue weighted by atomic mass is 10.1. The van der Waals surface area contributed by atoms with Crippen molar-refractivity contribution in [1.29, 1.82) is 0 Å². The highest BCUT2D eigenvalue weighted by Gasteiger charge is 2.40. The number of aromatic nitrogens is 2. The van der Waals surface area contributed by atoms with Crippen molar-refractivity contribution in [2.24, 2.45) is 5.92 Å². The molecule has 19 heavy (non-hydrogen) atoms. The largest absolute Gasteiger partial charge is 0.695 e. The fourth-order valence-corrected chi connectivity index (χ4v) is 2.74. The van der Waals surface area contributed by atoms with Crippen LogP contribution in [-0.2, 0) is 9.09 Å². The summed E-state index contributed by atoms with van der Waals surface area (Å²) in [5, 5.41) is 12.1. The molecule has 4 atom stereocenters. The molecule has 0 bridgehead atoms. The summed E-state index contributed by atoms with van der Waals surface area (Å²) >= 11 is 0. The number of anilines is 1. The molecule has 1 saturated carbocycles. The monoisotopic (exact) mass is 290 g/mol. The molecule has 0 radical (unpaired) electrons. The van der Waals surface area contributed by atoms with Crippen LogP contribution in [0.15, 0.2) is 12.5 Å². The maximum absolute atomic E-state index is 13.4. The lowest BCUT2D eigenvalue weighted by Gasteiger charge is -2.12. The van der Waals surface area contributed by atoms with Crippen LogP contribution in [0, 0.1) is 11.7 Å². The molecule has 1 aliphatic rings. The Morgan fingerprint density at radius 2 is 2.37 bits per heavy atom. The van der Waals surface area contributed by atoms with Crippen LogP contribution < -0.4 is 5.32 Å². The Balaban J connectivity index is 2.00. The van der Waals surface area contributed by atoms with E-state index in [9.17, 15) is 14.1 Å². The third kappa shape index (κ3) is 3.63. The van der Waals surface area contributed by atoms with Gasteiger partial charge < -0.3 is 10.4 Å². The average molecular weight is 290 g/mol. The Hall–Kier alpha value is -1.21. The Labute approximate surface area is 109 Å². The van der Waals surface area contributed by atoms with Crippen molar-refractivity contribution in [3.05, 3.63) is 18.3 Å². The first-order chi connectivity index (χ1) is 9.10. The molecule has 0 saturated heterocycles. The van der Waals surface area contributed by atoms with E-state index in [2.05, 4.69) is 15.3 Å². The van der Waals surface area contributed by atoms with Gasteiger partial charge in [0, 0.05) is 23.1 Å². The topological polar surface area (TPSA) is 105 Å². The summed E-state index contributed by atoms with van der Waals surface area (Å²) in [7, 11) is -2.72. The molecule has 7 nitrogen and oxygen atoms in total. The molecule has 0 aromatic carbocycles. The summed E-state index contributed by atoms with van der Waals surface area (Å²) in [4.78, 5) is 16.1. The fourth-order valence-electron chi connectivity index (χ4n) is 2.25. The molecule has 1 unspecified atom stereocenters. The first-order valence-electron chi connectivity index (χ1n) is 5.76. The summed E-state index contributed by atoms with van der Waals surface area (Å²) in [6.07, 6.45) is 2.65. The van der Waals surface area contributed by atoms with Crippen molar-refractivity contribution in [2.45, 2.75) is 25.0 Å². The quantitative estimate of drug-likeness (QED) is 0.690. The number of hydrogen-bond donors (Lipinski definition) is 3. The highest BCUT2D eigenvalue weighted by molar-refractivity contribution is 7.32. The van der Waals surface area contributed by atoms with Gasteiger partial charge in [-0.05, 0) is 12.8 Å². The van der Waals surface area contributed by atoms with Crippen LogP contribution in [0.1, 0.15) is 12.8 Å². The van der Waals surface area contributed by atoms with Crippen LogP contribution in [0.2, 0.25) is 0 Å². The van der Waals surface area contributed by atoms with E-state index >= 15 is 0 Å². The highest BCUT2D eigenvalue weighted by atomic mass is 31.1. The second-order valence-corrected chi connectivity index (χ2v) is 5.04. The van der Waals surface area contributed by atoms with Crippen LogP contribution >= 0.6 is 8.25 Å². The summed E-state index contributed by atoms with van der Waals surface area (Å²) in [5.74, 6) is -0.750. The highest BCUT2D eigenvalue weighted by Crippen LogP contribution is 2.35. The van der Waals surface area contributed by atoms with Crippen LogP contribution in [0.4, 0.5) is 10.2 Å². The van der Waals surface area contributed by atoms with Crippen molar-refractivity contribution in [3.8, 4) is 0 Å². The molecule has 0 spiro atoms. The van der Waals surface area contributed by atoms with Crippen LogP contribution in [0.5, 0.6) is 0 Å². The van der Waals surface area contributed by atoms with Gasteiger partial charge in [0.2, 0.25) is 0 Å². The number of hydrogen-bond acceptors (Lipinski definition) is 6. The Morgan fingerprint density at radius 3 is 3.00 bits per heavy atom. The summed E-state index contributed by atoms with van der Waals surface area (Å²) in [6, 6.07) is -0.179. The van der Waals surface area contributed by atoms with E-state index in [0.29, 0.717) is 12.8 Å². The van der Waals surface area contributed by atoms with Crippen LogP contribution in [-0.4, -0.2) is 38.7 Å². The molecule has 1 aromatic heterocycles. The number of aliphatic hydroxyl groups is 1. The van der Waals surface area contributed by atoms with Crippen molar-refractivity contribution in [3.63, 3.8) is 0 Å². The number of rotatable bonds is 5. The molecular weight excluding hydrogens is 276 g/mol. The summed E-state index contributed by atoms with van der Waals surface area (Å²) in [6.45, 7) is -0.154. The molecule has 3 N–H and O–H groups in total. The minimum atomic E-state index is -2.72. The molecule has 1 fully saturated rings. The van der Waals surface area contributed by atoms with Gasteiger partial charge in [-0.15, -0.1) is 9.42 Å². The maximum Gasteiger partial charge on any atom is 0.695 e. The third-order valence-corrected chi connectivity index (χ3v) is 3.55. The van der Waals surface area contributed by atoms with E-state index < -0.39 is 20.2 Å². The molecule has 1 aromatic rings. The van der Waals surface area contributed by atoms with Crippen molar-refractivity contribution in [2.75, 3.05) is 11.9 Å². The van der Waals surface area contributed by atoms with Crippen molar-refractivity contribution >= 4 is 14.1 Å². The molecule has 2 rings (SSSR count). The zero-order chi connectivity index (χ0) is 13.8. The van der Waals surface area contributed by atoms with Gasteiger partial charge in [-0.2, -0.15) is 0 Å². The first kappa shape index (κ1) is 14.2. The van der Waals surface area contributed by atoms with Gasteiger partial charge in [0.05, 0.1) is 6.20 Å². The van der Waals surface area contributed by atoms with Gasteiger partial charge in [0.1, 0.15) is 12.4 Å². The molecule has 1 aliphatic carbocycles. The lowest BCUT2D eigenvalue weighted by Crippen LogP contribution is -2.19.